The number of likely N-dealkylation sites (tertiary alicyclic amines) is 1. The molecule has 0 spiro atoms. The van der Waals surface area contributed by atoms with Crippen molar-refractivity contribution in [1.29, 1.82) is 0 Å². The normalized spacial score (nSPS) is 15.9. The molecular formula is C17H26N2O2S. The number of carbonyl (C=O) groups excluding carboxylic acids is 1. The standard InChI is InChI=1S/C17H26N2O2S/c1-13-3-4-15(11-16(13)21-10-7-18)17(20)19-8-5-14(6-9-19)12-22-2/h3-4,11,14H,5-10,12,18H2,1-2H3. The van der Waals surface area contributed by atoms with Crippen molar-refractivity contribution < 1.29 is 9.53 Å². The number of hydrogen-bond acceptors (Lipinski definition) is 4. The maximum Gasteiger partial charge on any atom is 0.253 e. The van der Waals surface area contributed by atoms with E-state index >= 15 is 0 Å². The molecule has 1 aliphatic heterocycles. The minimum atomic E-state index is 0.111. The van der Waals surface area contributed by atoms with Gasteiger partial charge in [-0.3, -0.25) is 4.79 Å². The van der Waals surface area contributed by atoms with Gasteiger partial charge < -0.3 is 15.4 Å². The summed E-state index contributed by atoms with van der Waals surface area (Å²) in [7, 11) is 0. The summed E-state index contributed by atoms with van der Waals surface area (Å²) in [6.45, 7) is 4.64. The van der Waals surface area contributed by atoms with Crippen LogP contribution in [0.25, 0.3) is 0 Å². The highest BCUT2D eigenvalue weighted by molar-refractivity contribution is 7.98. The van der Waals surface area contributed by atoms with Gasteiger partial charge in [0.1, 0.15) is 12.4 Å². The summed E-state index contributed by atoms with van der Waals surface area (Å²) >= 11 is 1.90. The second-order valence-corrected chi connectivity index (χ2v) is 6.72. The van der Waals surface area contributed by atoms with Gasteiger partial charge >= 0.3 is 0 Å². The van der Waals surface area contributed by atoms with Crippen LogP contribution in [0, 0.1) is 12.8 Å². The van der Waals surface area contributed by atoms with Crippen molar-refractivity contribution in [2.75, 3.05) is 38.2 Å². The molecule has 4 nitrogen and oxygen atoms in total. The van der Waals surface area contributed by atoms with Crippen molar-refractivity contribution in [3.05, 3.63) is 29.3 Å². The van der Waals surface area contributed by atoms with Crippen molar-refractivity contribution in [3.8, 4) is 5.75 Å². The lowest BCUT2D eigenvalue weighted by atomic mass is 9.98. The molecule has 0 bridgehead atoms. The highest BCUT2D eigenvalue weighted by Gasteiger charge is 2.23. The zero-order chi connectivity index (χ0) is 15.9. The van der Waals surface area contributed by atoms with Crippen molar-refractivity contribution >= 4 is 17.7 Å². The van der Waals surface area contributed by atoms with Crippen LogP contribution in [0.5, 0.6) is 5.75 Å². The van der Waals surface area contributed by atoms with Crippen LogP contribution in [-0.2, 0) is 0 Å². The molecule has 22 heavy (non-hydrogen) atoms. The van der Waals surface area contributed by atoms with Crippen LogP contribution in [-0.4, -0.2) is 49.1 Å². The van der Waals surface area contributed by atoms with Crippen LogP contribution in [0.2, 0.25) is 0 Å². The summed E-state index contributed by atoms with van der Waals surface area (Å²) < 4.78 is 5.61. The molecule has 2 N–H and O–H groups in total. The number of hydrogen-bond donors (Lipinski definition) is 1. The first-order valence-corrected chi connectivity index (χ1v) is 9.26. The molecule has 0 saturated carbocycles. The monoisotopic (exact) mass is 322 g/mol. The Labute approximate surface area is 137 Å². The number of piperidine rings is 1. The summed E-state index contributed by atoms with van der Waals surface area (Å²) in [5.41, 5.74) is 7.22. The Balaban J connectivity index is 2.00. The summed E-state index contributed by atoms with van der Waals surface area (Å²) in [4.78, 5) is 14.6. The summed E-state index contributed by atoms with van der Waals surface area (Å²) in [5.74, 6) is 2.82. The van der Waals surface area contributed by atoms with Crippen LogP contribution in [0.4, 0.5) is 0 Å². The third-order valence-corrected chi connectivity index (χ3v) is 4.92. The predicted octanol–water partition coefficient (Wildman–Crippen LogP) is 2.55. The van der Waals surface area contributed by atoms with Crippen molar-refractivity contribution in [2.45, 2.75) is 19.8 Å². The highest BCUT2D eigenvalue weighted by atomic mass is 32.2. The Kier molecular flexibility index (Phi) is 6.58. The average molecular weight is 322 g/mol. The molecule has 1 aromatic carbocycles. The Hall–Kier alpha value is -1.20. The molecule has 1 saturated heterocycles. The molecule has 1 aromatic rings. The number of aryl methyl sites for hydroxylation is 1. The van der Waals surface area contributed by atoms with E-state index in [1.165, 1.54) is 5.75 Å². The van der Waals surface area contributed by atoms with Gasteiger partial charge in [0.25, 0.3) is 5.91 Å². The molecular weight excluding hydrogens is 296 g/mol. The number of nitrogens with two attached hydrogens (primary N) is 1. The van der Waals surface area contributed by atoms with Crippen LogP contribution in [0.3, 0.4) is 0 Å². The van der Waals surface area contributed by atoms with E-state index in [0.717, 1.165) is 43.2 Å². The lowest BCUT2D eigenvalue weighted by molar-refractivity contribution is 0.0698. The number of carbonyl (C=O) groups is 1. The van der Waals surface area contributed by atoms with Crippen molar-refractivity contribution in [1.82, 2.24) is 4.90 Å². The van der Waals surface area contributed by atoms with Crippen LogP contribution in [0.15, 0.2) is 18.2 Å². The lowest BCUT2D eigenvalue weighted by Gasteiger charge is -2.32. The fourth-order valence-electron chi connectivity index (χ4n) is 2.78. The first-order chi connectivity index (χ1) is 10.7. The second kappa shape index (κ2) is 8.44. The van der Waals surface area contributed by atoms with E-state index in [0.29, 0.717) is 18.7 Å². The number of ether oxygens (including phenoxy) is 1. The minimum absolute atomic E-state index is 0.111. The molecule has 0 radical (unpaired) electrons. The molecule has 122 valence electrons. The number of nitrogens with zero attached hydrogens (tertiary/aromatic N) is 1. The molecule has 0 unspecified atom stereocenters. The van der Waals surface area contributed by atoms with E-state index in [1.807, 2.05) is 41.8 Å². The molecule has 5 heteroatoms. The third kappa shape index (κ3) is 4.40. The molecule has 0 aliphatic carbocycles. The predicted molar refractivity (Wildman–Crippen MR) is 92.7 cm³/mol. The average Bonchev–Trinajstić information content (AvgIpc) is 2.54. The van der Waals surface area contributed by atoms with Gasteiger partial charge in [-0.1, -0.05) is 6.07 Å². The smallest absolute Gasteiger partial charge is 0.253 e. The second-order valence-electron chi connectivity index (χ2n) is 5.81. The first kappa shape index (κ1) is 17.2. The number of amides is 1. The minimum Gasteiger partial charge on any atom is -0.492 e. The van der Waals surface area contributed by atoms with Crippen LogP contribution >= 0.6 is 11.8 Å². The zero-order valence-corrected chi connectivity index (χ0v) is 14.3. The number of benzene rings is 1. The van der Waals surface area contributed by atoms with E-state index in [9.17, 15) is 4.79 Å². The number of rotatable bonds is 6. The van der Waals surface area contributed by atoms with Gasteiger partial charge in [0.2, 0.25) is 0 Å². The Morgan fingerprint density at radius 1 is 1.41 bits per heavy atom. The quantitative estimate of drug-likeness (QED) is 0.874. The van der Waals surface area contributed by atoms with Gasteiger partial charge in [-0.2, -0.15) is 11.8 Å². The molecule has 0 atom stereocenters. The largest absolute Gasteiger partial charge is 0.492 e. The Morgan fingerprint density at radius 3 is 2.77 bits per heavy atom. The van der Waals surface area contributed by atoms with E-state index in [4.69, 9.17) is 10.5 Å². The summed E-state index contributed by atoms with van der Waals surface area (Å²) in [6.07, 6.45) is 4.36. The van der Waals surface area contributed by atoms with Crippen molar-refractivity contribution in [3.63, 3.8) is 0 Å². The van der Waals surface area contributed by atoms with E-state index in [-0.39, 0.29) is 5.91 Å². The molecule has 1 heterocycles. The molecule has 2 rings (SSSR count). The third-order valence-electron chi connectivity index (χ3n) is 4.11. The molecule has 0 aromatic heterocycles. The number of thioether (sulfide) groups is 1. The Bertz CT molecular complexity index is 499. The molecule has 1 fully saturated rings. The maximum atomic E-state index is 12.6. The van der Waals surface area contributed by atoms with Crippen LogP contribution in [0.1, 0.15) is 28.8 Å². The highest BCUT2D eigenvalue weighted by Crippen LogP contribution is 2.24. The fourth-order valence-corrected chi connectivity index (χ4v) is 3.58. The maximum absolute atomic E-state index is 12.6. The molecule has 1 amide bonds. The van der Waals surface area contributed by atoms with Crippen LogP contribution < -0.4 is 10.5 Å². The van der Waals surface area contributed by atoms with Gasteiger partial charge in [-0.05, 0) is 55.4 Å². The van der Waals surface area contributed by atoms with Gasteiger partial charge in [0, 0.05) is 25.2 Å². The first-order valence-electron chi connectivity index (χ1n) is 7.87. The van der Waals surface area contributed by atoms with E-state index in [1.54, 1.807) is 0 Å². The summed E-state index contributed by atoms with van der Waals surface area (Å²) in [6, 6.07) is 5.68. The lowest BCUT2D eigenvalue weighted by Crippen LogP contribution is -2.39. The van der Waals surface area contributed by atoms with Crippen molar-refractivity contribution in [2.24, 2.45) is 11.7 Å². The van der Waals surface area contributed by atoms with Gasteiger partial charge in [0.05, 0.1) is 0 Å². The SMILES string of the molecule is CSCC1CCN(C(=O)c2ccc(C)c(OCCN)c2)CC1. The zero-order valence-electron chi connectivity index (χ0n) is 13.5. The molecule has 1 aliphatic rings. The van der Waals surface area contributed by atoms with Gasteiger partial charge in [-0.15, -0.1) is 0 Å². The summed E-state index contributed by atoms with van der Waals surface area (Å²) in [5, 5.41) is 0. The topological polar surface area (TPSA) is 55.6 Å². The Morgan fingerprint density at radius 2 is 2.14 bits per heavy atom. The fraction of sp³-hybridized carbons (Fsp3) is 0.588. The van der Waals surface area contributed by atoms with E-state index < -0.39 is 0 Å². The van der Waals surface area contributed by atoms with E-state index in [2.05, 4.69) is 6.26 Å². The van der Waals surface area contributed by atoms with Gasteiger partial charge in [-0.25, -0.2) is 0 Å². The van der Waals surface area contributed by atoms with Gasteiger partial charge in [0.15, 0.2) is 0 Å².